The zero-order chi connectivity index (χ0) is 12.9. The lowest BCUT2D eigenvalue weighted by Crippen LogP contribution is -2.47. The highest BCUT2D eigenvalue weighted by molar-refractivity contribution is 5.82. The van der Waals surface area contributed by atoms with Crippen molar-refractivity contribution in [2.75, 3.05) is 13.2 Å². The summed E-state index contributed by atoms with van der Waals surface area (Å²) in [7, 11) is 0. The van der Waals surface area contributed by atoms with E-state index in [0.29, 0.717) is 6.54 Å². The summed E-state index contributed by atoms with van der Waals surface area (Å²) in [5.41, 5.74) is 0.229. The van der Waals surface area contributed by atoms with Gasteiger partial charge in [0.15, 0.2) is 0 Å². The van der Waals surface area contributed by atoms with E-state index in [1.54, 1.807) is 0 Å². The number of carboxylic acids is 1. The molecule has 2 amide bonds. The van der Waals surface area contributed by atoms with Crippen LogP contribution in [0, 0.1) is 5.41 Å². The Hall–Kier alpha value is -1.30. The van der Waals surface area contributed by atoms with Crippen LogP contribution in [0.25, 0.3) is 0 Å². The lowest BCUT2D eigenvalue weighted by atomic mass is 10.0. The number of carbonyl (C=O) groups is 2. The molecule has 0 unspecified atom stereocenters. The summed E-state index contributed by atoms with van der Waals surface area (Å²) in [6.07, 6.45) is 3.26. The highest BCUT2D eigenvalue weighted by Gasteiger charge is 2.40. The van der Waals surface area contributed by atoms with Gasteiger partial charge in [0.25, 0.3) is 0 Å². The number of hydrogen-bond donors (Lipinski definition) is 4. The number of amides is 2. The van der Waals surface area contributed by atoms with Crippen molar-refractivity contribution in [2.45, 2.75) is 38.6 Å². The summed E-state index contributed by atoms with van der Waals surface area (Å²) in [6, 6.07) is -1.51. The summed E-state index contributed by atoms with van der Waals surface area (Å²) in [4.78, 5) is 22.2. The second-order valence-electron chi connectivity index (χ2n) is 4.58. The van der Waals surface area contributed by atoms with Gasteiger partial charge in [-0.3, -0.25) is 0 Å². The van der Waals surface area contributed by atoms with Gasteiger partial charge in [0.1, 0.15) is 6.04 Å². The number of aliphatic hydroxyl groups is 1. The van der Waals surface area contributed by atoms with Gasteiger partial charge < -0.3 is 20.8 Å². The van der Waals surface area contributed by atoms with Crippen molar-refractivity contribution in [3.63, 3.8) is 0 Å². The zero-order valence-electron chi connectivity index (χ0n) is 10.0. The first-order valence-electron chi connectivity index (χ1n) is 5.91. The fourth-order valence-electron chi connectivity index (χ4n) is 1.70. The molecule has 6 nitrogen and oxygen atoms in total. The fourth-order valence-corrected chi connectivity index (χ4v) is 1.70. The van der Waals surface area contributed by atoms with E-state index < -0.39 is 18.0 Å². The molecule has 0 spiro atoms. The number of urea groups is 1. The van der Waals surface area contributed by atoms with Crippen LogP contribution in [0.4, 0.5) is 4.79 Å². The maximum absolute atomic E-state index is 11.5. The molecule has 17 heavy (non-hydrogen) atoms. The molecule has 1 saturated carbocycles. The third-order valence-electron chi connectivity index (χ3n) is 3.35. The van der Waals surface area contributed by atoms with Gasteiger partial charge in [-0.2, -0.15) is 0 Å². The third kappa shape index (κ3) is 4.22. The first-order chi connectivity index (χ1) is 8.03. The van der Waals surface area contributed by atoms with Crippen molar-refractivity contribution >= 4 is 12.0 Å². The van der Waals surface area contributed by atoms with Crippen LogP contribution in [-0.2, 0) is 4.79 Å². The predicted molar refractivity (Wildman–Crippen MR) is 61.6 cm³/mol. The average molecular weight is 244 g/mol. The minimum atomic E-state index is -1.13. The van der Waals surface area contributed by atoms with Gasteiger partial charge >= 0.3 is 12.0 Å². The lowest BCUT2D eigenvalue weighted by molar-refractivity contribution is -0.139. The molecular weight excluding hydrogens is 224 g/mol. The number of hydrogen-bond acceptors (Lipinski definition) is 3. The minimum Gasteiger partial charge on any atom is -0.480 e. The van der Waals surface area contributed by atoms with Gasteiger partial charge in [0, 0.05) is 19.6 Å². The Balaban J connectivity index is 2.29. The first kappa shape index (κ1) is 13.8. The smallest absolute Gasteiger partial charge is 0.326 e. The Morgan fingerprint density at radius 3 is 2.47 bits per heavy atom. The quantitative estimate of drug-likeness (QED) is 0.518. The van der Waals surface area contributed by atoms with Crippen LogP contribution in [0.3, 0.4) is 0 Å². The molecule has 98 valence electrons. The molecule has 6 heteroatoms. The van der Waals surface area contributed by atoms with E-state index >= 15 is 0 Å². The molecule has 1 rings (SSSR count). The molecule has 0 heterocycles. The van der Waals surface area contributed by atoms with E-state index in [4.69, 9.17) is 10.2 Å². The molecule has 0 radical (unpaired) electrons. The molecule has 1 aliphatic rings. The Kier molecular flexibility index (Phi) is 4.74. The summed E-state index contributed by atoms with van der Waals surface area (Å²) in [6.45, 7) is 2.40. The molecule has 1 atom stereocenters. The predicted octanol–water partition coefficient (Wildman–Crippen LogP) is 0.311. The van der Waals surface area contributed by atoms with E-state index in [2.05, 4.69) is 17.6 Å². The zero-order valence-corrected chi connectivity index (χ0v) is 10.0. The van der Waals surface area contributed by atoms with Gasteiger partial charge in [-0.25, -0.2) is 9.59 Å². The summed E-state index contributed by atoms with van der Waals surface area (Å²) >= 11 is 0. The molecule has 1 fully saturated rings. The SMILES string of the molecule is CCC1(CNC(=O)N[C@H](CCO)C(=O)O)CC1. The van der Waals surface area contributed by atoms with E-state index in [-0.39, 0.29) is 18.4 Å². The van der Waals surface area contributed by atoms with Crippen LogP contribution in [0.15, 0.2) is 0 Å². The summed E-state index contributed by atoms with van der Waals surface area (Å²) in [5.74, 6) is -1.13. The Morgan fingerprint density at radius 2 is 2.06 bits per heavy atom. The van der Waals surface area contributed by atoms with Crippen molar-refractivity contribution in [3.8, 4) is 0 Å². The topological polar surface area (TPSA) is 98.7 Å². The van der Waals surface area contributed by atoms with E-state index in [1.165, 1.54) is 0 Å². The number of rotatable bonds is 7. The van der Waals surface area contributed by atoms with Gasteiger partial charge in [0.05, 0.1) is 0 Å². The van der Waals surface area contributed by atoms with Crippen molar-refractivity contribution in [2.24, 2.45) is 5.41 Å². The Labute approximate surface area is 100 Å². The number of nitrogens with one attached hydrogen (secondary N) is 2. The normalized spacial score (nSPS) is 18.2. The second-order valence-corrected chi connectivity index (χ2v) is 4.58. The highest BCUT2D eigenvalue weighted by Crippen LogP contribution is 2.47. The van der Waals surface area contributed by atoms with Crippen molar-refractivity contribution in [1.29, 1.82) is 0 Å². The van der Waals surface area contributed by atoms with E-state index in [0.717, 1.165) is 19.3 Å². The molecule has 0 bridgehead atoms. The third-order valence-corrected chi connectivity index (χ3v) is 3.35. The van der Waals surface area contributed by atoms with Crippen LogP contribution >= 0.6 is 0 Å². The maximum atomic E-state index is 11.5. The Morgan fingerprint density at radius 1 is 1.41 bits per heavy atom. The highest BCUT2D eigenvalue weighted by atomic mass is 16.4. The monoisotopic (exact) mass is 244 g/mol. The van der Waals surface area contributed by atoms with E-state index in [9.17, 15) is 9.59 Å². The van der Waals surface area contributed by atoms with Crippen LogP contribution in [-0.4, -0.2) is 41.4 Å². The first-order valence-corrected chi connectivity index (χ1v) is 5.91. The minimum absolute atomic E-state index is 0.0155. The number of carboxylic acid groups (broad SMARTS) is 1. The Bertz CT molecular complexity index is 289. The molecular formula is C11H20N2O4. The largest absolute Gasteiger partial charge is 0.480 e. The molecule has 0 aliphatic heterocycles. The lowest BCUT2D eigenvalue weighted by Gasteiger charge is -2.17. The number of aliphatic hydroxyl groups excluding tert-OH is 1. The molecule has 0 aromatic carbocycles. The van der Waals surface area contributed by atoms with Crippen LogP contribution in [0.1, 0.15) is 32.6 Å². The number of carbonyl (C=O) groups excluding carboxylic acids is 1. The van der Waals surface area contributed by atoms with Gasteiger partial charge in [-0.15, -0.1) is 0 Å². The summed E-state index contributed by atoms with van der Waals surface area (Å²) in [5, 5.41) is 22.5. The van der Waals surface area contributed by atoms with Gasteiger partial charge in [-0.05, 0) is 24.7 Å². The fraction of sp³-hybridized carbons (Fsp3) is 0.818. The summed E-state index contributed by atoms with van der Waals surface area (Å²) < 4.78 is 0. The van der Waals surface area contributed by atoms with Crippen molar-refractivity contribution in [1.82, 2.24) is 10.6 Å². The molecule has 0 saturated heterocycles. The second kappa shape index (κ2) is 5.86. The van der Waals surface area contributed by atoms with Crippen molar-refractivity contribution < 1.29 is 19.8 Å². The molecule has 0 aromatic heterocycles. The maximum Gasteiger partial charge on any atom is 0.326 e. The average Bonchev–Trinajstić information content (AvgIpc) is 3.06. The molecule has 1 aliphatic carbocycles. The van der Waals surface area contributed by atoms with Gasteiger partial charge in [-0.1, -0.05) is 6.92 Å². The molecule has 4 N–H and O–H groups in total. The molecule has 0 aromatic rings. The van der Waals surface area contributed by atoms with Gasteiger partial charge in [0.2, 0.25) is 0 Å². The van der Waals surface area contributed by atoms with Crippen molar-refractivity contribution in [3.05, 3.63) is 0 Å². The van der Waals surface area contributed by atoms with Crippen LogP contribution in [0.5, 0.6) is 0 Å². The number of aliphatic carboxylic acids is 1. The standard InChI is InChI=1S/C11H20N2O4/c1-2-11(4-5-11)7-12-10(17)13-8(3-6-14)9(15)16/h8,14H,2-7H2,1H3,(H,15,16)(H2,12,13,17)/t8-/m1/s1. The van der Waals surface area contributed by atoms with E-state index in [1.807, 2.05) is 0 Å². The van der Waals surface area contributed by atoms with Crippen LogP contribution in [0.2, 0.25) is 0 Å². The van der Waals surface area contributed by atoms with Crippen LogP contribution < -0.4 is 10.6 Å².